The first-order valence-corrected chi connectivity index (χ1v) is 12.3. The average Bonchev–Trinajstić information content (AvgIpc) is 3.33. The number of nitrogens with zero attached hydrogens (tertiary/aromatic N) is 5. The van der Waals surface area contributed by atoms with Gasteiger partial charge in [-0.25, -0.2) is 4.98 Å². The van der Waals surface area contributed by atoms with Crippen molar-refractivity contribution in [2.24, 2.45) is 0 Å². The molecule has 3 aromatic rings. The largest absolute Gasteiger partial charge is 0.378 e. The number of benzene rings is 2. The number of carbonyl (C=O) groups excluding carboxylic acids is 1. The molecule has 1 amide bonds. The number of piperazine rings is 1. The summed E-state index contributed by atoms with van der Waals surface area (Å²) in [5, 5.41) is 12.7. The smallest absolute Gasteiger partial charge is 0.293 e. The predicted octanol–water partition coefficient (Wildman–Crippen LogP) is 3.62. The number of anilines is 2. The topological polar surface area (TPSA) is 92.0 Å². The molecule has 2 aliphatic heterocycles. The summed E-state index contributed by atoms with van der Waals surface area (Å²) in [6.45, 7) is 8.90. The summed E-state index contributed by atoms with van der Waals surface area (Å²) >= 11 is 1.69. The van der Waals surface area contributed by atoms with Gasteiger partial charge in [0, 0.05) is 50.9 Å². The summed E-state index contributed by atoms with van der Waals surface area (Å²) < 4.78 is 6.56. The number of aromatic nitrogens is 1. The molecular weight excluding hydrogens is 454 g/mol. The second-order valence-corrected chi connectivity index (χ2v) is 9.69. The van der Waals surface area contributed by atoms with Crippen LogP contribution in [0.5, 0.6) is 0 Å². The van der Waals surface area contributed by atoms with Crippen LogP contribution in [0.25, 0.3) is 10.2 Å². The van der Waals surface area contributed by atoms with Crippen LogP contribution in [-0.2, 0) is 4.74 Å². The Morgan fingerprint density at radius 1 is 1.00 bits per heavy atom. The molecule has 0 unspecified atom stereocenters. The zero-order chi connectivity index (χ0) is 23.8. The highest BCUT2D eigenvalue weighted by Gasteiger charge is 2.28. The summed E-state index contributed by atoms with van der Waals surface area (Å²) in [6, 6.07) is 9.03. The number of nitro benzene ring substituents is 1. The molecule has 0 bridgehead atoms. The molecule has 9 nitrogen and oxygen atoms in total. The number of rotatable bonds is 4. The maximum atomic E-state index is 13.2. The van der Waals surface area contributed by atoms with Crippen molar-refractivity contribution in [1.82, 2.24) is 9.88 Å². The van der Waals surface area contributed by atoms with Gasteiger partial charge in [-0.2, -0.15) is 0 Å². The highest BCUT2D eigenvalue weighted by Crippen LogP contribution is 2.34. The van der Waals surface area contributed by atoms with Crippen LogP contribution >= 0.6 is 11.3 Å². The zero-order valence-corrected chi connectivity index (χ0v) is 20.1. The maximum absolute atomic E-state index is 13.2. The van der Waals surface area contributed by atoms with Crippen LogP contribution in [0.4, 0.5) is 16.5 Å². The fraction of sp³-hybridized carbons (Fsp3) is 0.417. The molecule has 178 valence electrons. The number of fused-ring (bicyclic) bond motifs is 1. The van der Waals surface area contributed by atoms with E-state index in [1.807, 2.05) is 4.90 Å². The number of carbonyl (C=O) groups is 1. The lowest BCUT2D eigenvalue weighted by molar-refractivity contribution is -0.384. The fourth-order valence-corrected chi connectivity index (χ4v) is 5.70. The molecule has 0 N–H and O–H groups in total. The number of ether oxygens (including phenoxy) is 1. The Morgan fingerprint density at radius 3 is 2.38 bits per heavy atom. The van der Waals surface area contributed by atoms with E-state index in [-0.39, 0.29) is 11.6 Å². The highest BCUT2D eigenvalue weighted by atomic mass is 32.1. The second-order valence-electron chi connectivity index (χ2n) is 8.71. The minimum absolute atomic E-state index is 0.0356. The molecule has 34 heavy (non-hydrogen) atoms. The lowest BCUT2D eigenvalue weighted by Gasteiger charge is -2.34. The minimum Gasteiger partial charge on any atom is -0.378 e. The van der Waals surface area contributed by atoms with E-state index in [4.69, 9.17) is 9.72 Å². The lowest BCUT2D eigenvalue weighted by atomic mass is 10.1. The molecule has 3 heterocycles. The number of thiazole rings is 1. The van der Waals surface area contributed by atoms with E-state index in [9.17, 15) is 14.9 Å². The third kappa shape index (κ3) is 4.19. The number of morpholine rings is 1. The molecule has 5 rings (SSSR count). The Hall–Kier alpha value is -3.24. The first kappa shape index (κ1) is 22.5. The van der Waals surface area contributed by atoms with Crippen molar-refractivity contribution in [2.45, 2.75) is 13.8 Å². The molecule has 0 aliphatic carbocycles. The van der Waals surface area contributed by atoms with Crippen LogP contribution in [0.2, 0.25) is 0 Å². The number of aryl methyl sites for hydroxylation is 2. The van der Waals surface area contributed by atoms with E-state index in [2.05, 4.69) is 30.9 Å². The Morgan fingerprint density at radius 2 is 1.71 bits per heavy atom. The van der Waals surface area contributed by atoms with Gasteiger partial charge in [0.05, 0.1) is 28.4 Å². The normalized spacial score (nSPS) is 16.8. The van der Waals surface area contributed by atoms with Crippen molar-refractivity contribution in [3.63, 3.8) is 0 Å². The van der Waals surface area contributed by atoms with E-state index >= 15 is 0 Å². The molecule has 2 aliphatic rings. The molecule has 0 atom stereocenters. The monoisotopic (exact) mass is 481 g/mol. The van der Waals surface area contributed by atoms with Gasteiger partial charge in [0.25, 0.3) is 11.6 Å². The fourth-order valence-electron chi connectivity index (χ4n) is 4.54. The summed E-state index contributed by atoms with van der Waals surface area (Å²) in [4.78, 5) is 35.3. The molecular formula is C24H27N5O4S. The molecule has 2 aromatic carbocycles. The Bertz CT molecular complexity index is 1210. The van der Waals surface area contributed by atoms with Gasteiger partial charge in [-0.3, -0.25) is 14.9 Å². The van der Waals surface area contributed by atoms with Crippen LogP contribution in [0.15, 0.2) is 30.3 Å². The third-order valence-electron chi connectivity index (χ3n) is 6.54. The summed E-state index contributed by atoms with van der Waals surface area (Å²) in [5.41, 5.74) is 4.29. The first-order valence-electron chi connectivity index (χ1n) is 11.4. The van der Waals surface area contributed by atoms with Crippen LogP contribution in [0, 0.1) is 24.0 Å². The van der Waals surface area contributed by atoms with Gasteiger partial charge in [-0.1, -0.05) is 23.5 Å². The molecule has 2 fully saturated rings. The standard InChI is InChI=1S/C24H27N5O4S/c1-16-3-4-17(2)22-21(16)25-24(34-22)28-9-7-27(8-10-28)23(30)18-5-6-19(20(15-18)29(31)32)26-11-13-33-14-12-26/h3-6,15H,7-14H2,1-2H3. The number of hydrogen-bond acceptors (Lipinski definition) is 8. The van der Waals surface area contributed by atoms with Crippen molar-refractivity contribution in [3.05, 3.63) is 57.1 Å². The highest BCUT2D eigenvalue weighted by molar-refractivity contribution is 7.22. The van der Waals surface area contributed by atoms with Crippen molar-refractivity contribution in [2.75, 3.05) is 62.3 Å². The van der Waals surface area contributed by atoms with Gasteiger partial charge in [0.2, 0.25) is 0 Å². The molecule has 2 saturated heterocycles. The zero-order valence-electron chi connectivity index (χ0n) is 19.3. The lowest BCUT2D eigenvalue weighted by Crippen LogP contribution is -2.48. The van der Waals surface area contributed by atoms with Crippen LogP contribution in [0.1, 0.15) is 21.5 Å². The quantitative estimate of drug-likeness (QED) is 0.415. The SMILES string of the molecule is Cc1ccc(C)c2sc(N3CCN(C(=O)c4ccc(N5CCOCC5)c([N+](=O)[O-])c4)CC3)nc12. The van der Waals surface area contributed by atoms with Gasteiger partial charge in [0.15, 0.2) is 5.13 Å². The van der Waals surface area contributed by atoms with Crippen molar-refractivity contribution in [1.29, 1.82) is 0 Å². The van der Waals surface area contributed by atoms with E-state index in [1.165, 1.54) is 21.9 Å². The van der Waals surface area contributed by atoms with Gasteiger partial charge in [-0.05, 0) is 37.1 Å². The second kappa shape index (κ2) is 9.19. The van der Waals surface area contributed by atoms with E-state index in [0.29, 0.717) is 63.7 Å². The first-order chi connectivity index (χ1) is 16.4. The number of nitro groups is 1. The van der Waals surface area contributed by atoms with E-state index < -0.39 is 4.92 Å². The van der Waals surface area contributed by atoms with Crippen molar-refractivity contribution < 1.29 is 14.5 Å². The average molecular weight is 482 g/mol. The summed E-state index contributed by atoms with van der Waals surface area (Å²) in [6.07, 6.45) is 0. The van der Waals surface area contributed by atoms with Crippen molar-refractivity contribution in [3.8, 4) is 0 Å². The van der Waals surface area contributed by atoms with Gasteiger partial charge < -0.3 is 19.4 Å². The van der Waals surface area contributed by atoms with E-state index in [0.717, 1.165) is 10.6 Å². The Balaban J connectivity index is 1.30. The molecule has 0 spiro atoms. The summed E-state index contributed by atoms with van der Waals surface area (Å²) in [5.74, 6) is -0.174. The van der Waals surface area contributed by atoms with Crippen LogP contribution in [-0.4, -0.2) is 73.2 Å². The number of hydrogen-bond donors (Lipinski definition) is 0. The summed E-state index contributed by atoms with van der Waals surface area (Å²) in [7, 11) is 0. The number of amides is 1. The predicted molar refractivity (Wildman–Crippen MR) is 133 cm³/mol. The molecule has 0 radical (unpaired) electrons. The minimum atomic E-state index is -0.406. The molecule has 10 heteroatoms. The van der Waals surface area contributed by atoms with Crippen molar-refractivity contribution >= 4 is 44.0 Å². The molecule has 0 saturated carbocycles. The van der Waals surface area contributed by atoms with Gasteiger partial charge in [-0.15, -0.1) is 0 Å². The van der Waals surface area contributed by atoms with Crippen LogP contribution in [0.3, 0.4) is 0 Å². The maximum Gasteiger partial charge on any atom is 0.293 e. The third-order valence-corrected chi connectivity index (χ3v) is 7.79. The Kier molecular flexibility index (Phi) is 6.09. The van der Waals surface area contributed by atoms with Crippen LogP contribution < -0.4 is 9.80 Å². The van der Waals surface area contributed by atoms with Gasteiger partial charge >= 0.3 is 0 Å². The van der Waals surface area contributed by atoms with E-state index in [1.54, 1.807) is 28.4 Å². The Labute approximate surface area is 201 Å². The molecule has 1 aromatic heterocycles. The van der Waals surface area contributed by atoms with Gasteiger partial charge in [0.1, 0.15) is 5.69 Å².